The van der Waals surface area contributed by atoms with Crippen LogP contribution in [0, 0.1) is 0 Å². The molecule has 0 amide bonds. The summed E-state index contributed by atoms with van der Waals surface area (Å²) in [6, 6.07) is 48.6. The van der Waals surface area contributed by atoms with Crippen molar-refractivity contribution in [1.82, 2.24) is 19.1 Å². The third-order valence-corrected chi connectivity index (χ3v) is 8.95. The molecule has 10 rings (SSSR count). The zero-order valence-electron chi connectivity index (χ0n) is 24.1. The second-order valence-corrected chi connectivity index (χ2v) is 11.5. The van der Waals surface area contributed by atoms with E-state index in [0.29, 0.717) is 5.82 Å². The molecule has 0 fully saturated rings. The van der Waals surface area contributed by atoms with Gasteiger partial charge in [0.25, 0.3) is 0 Å². The normalized spacial score (nSPS) is 12.2. The summed E-state index contributed by atoms with van der Waals surface area (Å²) in [6.07, 6.45) is 2.17. The number of nitrogens with zero attached hydrogens (tertiary/aromatic N) is 4. The second-order valence-electron chi connectivity index (χ2n) is 11.5. The summed E-state index contributed by atoms with van der Waals surface area (Å²) in [6.45, 7) is 0. The molecule has 9 aromatic rings. The van der Waals surface area contributed by atoms with Crippen LogP contribution < -0.4 is 4.74 Å². The fraction of sp³-hybridized carbons (Fsp3) is 0. The molecule has 45 heavy (non-hydrogen) atoms. The Balaban J connectivity index is 1.14. The van der Waals surface area contributed by atoms with Crippen LogP contribution in [0.15, 0.2) is 146 Å². The van der Waals surface area contributed by atoms with Crippen LogP contribution in [0.25, 0.3) is 77.6 Å². The Morgan fingerprint density at radius 1 is 0.533 bits per heavy atom. The molecule has 1 aliphatic rings. The molecule has 4 heterocycles. The maximum atomic E-state index is 6.19. The third kappa shape index (κ3) is 3.49. The Bertz CT molecular complexity index is 2610. The SMILES string of the molecule is c1ccc(-n2c3ccccc3c3c4c(ccc32)ccn4-c2ccc(-c3nc4c5c(cccc5n3)Oc3ccccc3-4)cc2)cc1. The van der Waals surface area contributed by atoms with Gasteiger partial charge in [-0.2, -0.15) is 0 Å². The highest BCUT2D eigenvalue weighted by Crippen LogP contribution is 2.45. The summed E-state index contributed by atoms with van der Waals surface area (Å²) in [5.74, 6) is 2.31. The van der Waals surface area contributed by atoms with Gasteiger partial charge in [-0.15, -0.1) is 0 Å². The lowest BCUT2D eigenvalue weighted by Crippen LogP contribution is -2.02. The first kappa shape index (κ1) is 24.3. The lowest BCUT2D eigenvalue weighted by Gasteiger charge is -2.20. The zero-order valence-corrected chi connectivity index (χ0v) is 24.1. The van der Waals surface area contributed by atoms with Gasteiger partial charge in [-0.25, -0.2) is 9.97 Å². The standard InChI is InChI=1S/C40H24N4O/c1-2-9-28(10-3-1)44-32-14-6-4-11-29(32)36-33(44)22-19-25-23-24-43(39(25)36)27-20-17-26(18-21-27)40-41-31-13-8-16-35-37(31)38(42-40)30-12-5-7-15-34(30)45-35/h1-24H. The molecule has 6 aromatic carbocycles. The minimum Gasteiger partial charge on any atom is -0.456 e. The second kappa shape index (κ2) is 9.15. The molecule has 0 aliphatic carbocycles. The van der Waals surface area contributed by atoms with Crippen molar-refractivity contribution in [2.45, 2.75) is 0 Å². The van der Waals surface area contributed by atoms with Gasteiger partial charge in [0.15, 0.2) is 5.82 Å². The highest BCUT2D eigenvalue weighted by molar-refractivity contribution is 6.20. The topological polar surface area (TPSA) is 44.9 Å². The fourth-order valence-corrected chi connectivity index (χ4v) is 6.95. The van der Waals surface area contributed by atoms with Gasteiger partial charge < -0.3 is 13.9 Å². The minimum absolute atomic E-state index is 0.698. The van der Waals surface area contributed by atoms with Crippen molar-refractivity contribution in [3.63, 3.8) is 0 Å². The zero-order chi connectivity index (χ0) is 29.5. The maximum Gasteiger partial charge on any atom is 0.160 e. The Morgan fingerprint density at radius 2 is 1.33 bits per heavy atom. The molecule has 0 saturated heterocycles. The van der Waals surface area contributed by atoms with E-state index in [1.165, 1.54) is 32.7 Å². The molecule has 0 saturated carbocycles. The maximum absolute atomic E-state index is 6.19. The van der Waals surface area contributed by atoms with E-state index >= 15 is 0 Å². The van der Waals surface area contributed by atoms with Crippen molar-refractivity contribution in [3.8, 4) is 45.5 Å². The molecule has 210 valence electrons. The molecular formula is C40H24N4O. The molecule has 0 atom stereocenters. The number of ether oxygens (including phenoxy) is 1. The molecule has 0 spiro atoms. The Kier molecular flexibility index (Phi) is 4.93. The average Bonchev–Trinajstić information content (AvgIpc) is 3.68. The number of benzene rings is 6. The number of hydrogen-bond donors (Lipinski definition) is 0. The number of fused-ring (bicyclic) bond motifs is 7. The molecular weight excluding hydrogens is 552 g/mol. The van der Waals surface area contributed by atoms with Gasteiger partial charge >= 0.3 is 0 Å². The van der Waals surface area contributed by atoms with Crippen molar-refractivity contribution in [3.05, 3.63) is 146 Å². The van der Waals surface area contributed by atoms with E-state index in [0.717, 1.165) is 50.6 Å². The first-order valence-electron chi connectivity index (χ1n) is 15.1. The molecule has 0 unspecified atom stereocenters. The van der Waals surface area contributed by atoms with E-state index in [9.17, 15) is 0 Å². The Hall–Kier alpha value is -6.20. The molecule has 0 N–H and O–H groups in total. The van der Waals surface area contributed by atoms with Crippen LogP contribution in [0.1, 0.15) is 0 Å². The van der Waals surface area contributed by atoms with Gasteiger partial charge in [-0.3, -0.25) is 0 Å². The summed E-state index contributed by atoms with van der Waals surface area (Å²) in [5, 5.41) is 4.64. The van der Waals surface area contributed by atoms with Crippen LogP contribution in [0.3, 0.4) is 0 Å². The van der Waals surface area contributed by atoms with Gasteiger partial charge in [0.1, 0.15) is 11.5 Å². The highest BCUT2D eigenvalue weighted by Gasteiger charge is 2.23. The highest BCUT2D eigenvalue weighted by atomic mass is 16.5. The van der Waals surface area contributed by atoms with E-state index < -0.39 is 0 Å². The minimum atomic E-state index is 0.698. The molecule has 5 heteroatoms. The first-order chi connectivity index (χ1) is 22.3. The summed E-state index contributed by atoms with van der Waals surface area (Å²) in [5.41, 5.74) is 9.55. The number of rotatable bonds is 3. The first-order valence-corrected chi connectivity index (χ1v) is 15.1. The Morgan fingerprint density at radius 3 is 2.24 bits per heavy atom. The van der Waals surface area contributed by atoms with Crippen LogP contribution in [0.4, 0.5) is 0 Å². The van der Waals surface area contributed by atoms with E-state index in [4.69, 9.17) is 14.7 Å². The van der Waals surface area contributed by atoms with Crippen molar-refractivity contribution in [1.29, 1.82) is 0 Å². The number of hydrogen-bond acceptors (Lipinski definition) is 3. The smallest absolute Gasteiger partial charge is 0.160 e. The summed E-state index contributed by atoms with van der Waals surface area (Å²) < 4.78 is 10.9. The van der Waals surface area contributed by atoms with Crippen LogP contribution in [-0.4, -0.2) is 19.1 Å². The van der Waals surface area contributed by atoms with Crippen molar-refractivity contribution >= 4 is 43.6 Å². The predicted molar refractivity (Wildman–Crippen MR) is 182 cm³/mol. The molecule has 0 bridgehead atoms. The predicted octanol–water partition coefficient (Wildman–Crippen LogP) is 10.1. The van der Waals surface area contributed by atoms with Crippen molar-refractivity contribution < 1.29 is 4.74 Å². The van der Waals surface area contributed by atoms with Gasteiger partial charge in [0, 0.05) is 44.9 Å². The fourth-order valence-electron chi connectivity index (χ4n) is 6.95. The van der Waals surface area contributed by atoms with E-state index in [1.807, 2.05) is 36.4 Å². The van der Waals surface area contributed by atoms with Crippen LogP contribution >= 0.6 is 0 Å². The van der Waals surface area contributed by atoms with E-state index in [2.05, 4.69) is 118 Å². The molecule has 1 aliphatic heterocycles. The van der Waals surface area contributed by atoms with Gasteiger partial charge in [0.2, 0.25) is 0 Å². The summed E-state index contributed by atoms with van der Waals surface area (Å²) in [4.78, 5) is 10.1. The largest absolute Gasteiger partial charge is 0.456 e. The van der Waals surface area contributed by atoms with Crippen LogP contribution in [0.2, 0.25) is 0 Å². The van der Waals surface area contributed by atoms with Gasteiger partial charge in [-0.05, 0) is 78.9 Å². The molecule has 0 radical (unpaired) electrons. The van der Waals surface area contributed by atoms with Crippen LogP contribution in [0.5, 0.6) is 11.5 Å². The lowest BCUT2D eigenvalue weighted by molar-refractivity contribution is 0.486. The lowest BCUT2D eigenvalue weighted by atomic mass is 10.0. The van der Waals surface area contributed by atoms with Gasteiger partial charge in [-0.1, -0.05) is 60.7 Å². The Labute approximate surface area is 258 Å². The monoisotopic (exact) mass is 576 g/mol. The quantitative estimate of drug-likeness (QED) is 0.210. The van der Waals surface area contributed by atoms with Crippen molar-refractivity contribution in [2.24, 2.45) is 0 Å². The number of para-hydroxylation sites is 3. The van der Waals surface area contributed by atoms with Crippen LogP contribution in [-0.2, 0) is 0 Å². The van der Waals surface area contributed by atoms with E-state index in [-0.39, 0.29) is 0 Å². The molecule has 5 nitrogen and oxygen atoms in total. The number of aromatic nitrogens is 4. The average molecular weight is 577 g/mol. The summed E-state index contributed by atoms with van der Waals surface area (Å²) >= 11 is 0. The van der Waals surface area contributed by atoms with Gasteiger partial charge in [0.05, 0.1) is 33.1 Å². The molecule has 3 aromatic heterocycles. The van der Waals surface area contributed by atoms with E-state index in [1.54, 1.807) is 0 Å². The third-order valence-electron chi connectivity index (χ3n) is 8.95. The summed E-state index contributed by atoms with van der Waals surface area (Å²) in [7, 11) is 0. The van der Waals surface area contributed by atoms with Crippen molar-refractivity contribution in [2.75, 3.05) is 0 Å².